The number of carbonyl (C=O) groups excluding carboxylic acids is 1. The van der Waals surface area contributed by atoms with E-state index in [1.807, 2.05) is 13.8 Å². The van der Waals surface area contributed by atoms with Crippen molar-refractivity contribution >= 4 is 11.9 Å². The third-order valence-corrected chi connectivity index (χ3v) is 2.41. The number of carbonyl (C=O) groups is 2. The van der Waals surface area contributed by atoms with E-state index in [2.05, 4.69) is 4.98 Å². The van der Waals surface area contributed by atoms with Gasteiger partial charge in [-0.3, -0.25) is 14.6 Å². The van der Waals surface area contributed by atoms with E-state index in [9.17, 15) is 9.59 Å². The number of rotatable bonds is 5. The summed E-state index contributed by atoms with van der Waals surface area (Å²) in [6.07, 6.45) is 1.54. The van der Waals surface area contributed by atoms with Crippen LogP contribution in [0.2, 0.25) is 0 Å². The minimum Gasteiger partial charge on any atom is -0.481 e. The van der Waals surface area contributed by atoms with Crippen LogP contribution >= 0.6 is 0 Å². The van der Waals surface area contributed by atoms with Crippen LogP contribution in [0, 0.1) is 6.92 Å². The lowest BCUT2D eigenvalue weighted by molar-refractivity contribution is -0.137. The molecule has 0 aliphatic carbocycles. The Labute approximate surface area is 100 Å². The van der Waals surface area contributed by atoms with E-state index in [1.54, 1.807) is 18.3 Å². The first-order valence-electron chi connectivity index (χ1n) is 5.48. The Balaban J connectivity index is 2.75. The molecule has 17 heavy (non-hydrogen) atoms. The number of carboxylic acid groups (broad SMARTS) is 1. The molecule has 92 valence electrons. The van der Waals surface area contributed by atoms with E-state index in [0.717, 1.165) is 5.69 Å². The van der Waals surface area contributed by atoms with Crippen LogP contribution in [0.4, 0.5) is 0 Å². The standard InChI is InChI=1S/C12H16N2O3/c1-3-14(7-5-11(15)16)12(17)10-4-6-13-9(2)8-10/h4,6,8H,3,5,7H2,1-2H3,(H,15,16). The maximum atomic E-state index is 12.0. The molecule has 0 aromatic carbocycles. The second-order valence-electron chi connectivity index (χ2n) is 3.71. The first-order chi connectivity index (χ1) is 8.04. The molecule has 1 heterocycles. The van der Waals surface area contributed by atoms with Crippen molar-refractivity contribution in [2.45, 2.75) is 20.3 Å². The van der Waals surface area contributed by atoms with Gasteiger partial charge in [-0.05, 0) is 26.0 Å². The molecule has 0 bridgehead atoms. The lowest BCUT2D eigenvalue weighted by Gasteiger charge is -2.20. The van der Waals surface area contributed by atoms with Crippen LogP contribution in [0.15, 0.2) is 18.3 Å². The number of aryl methyl sites for hydroxylation is 1. The smallest absolute Gasteiger partial charge is 0.305 e. The van der Waals surface area contributed by atoms with Crippen molar-refractivity contribution < 1.29 is 14.7 Å². The molecule has 0 radical (unpaired) electrons. The van der Waals surface area contributed by atoms with Gasteiger partial charge in [-0.25, -0.2) is 0 Å². The van der Waals surface area contributed by atoms with Crippen LogP contribution in [0.1, 0.15) is 29.4 Å². The number of hydrogen-bond donors (Lipinski definition) is 1. The summed E-state index contributed by atoms with van der Waals surface area (Å²) in [6, 6.07) is 3.34. The summed E-state index contributed by atoms with van der Waals surface area (Å²) >= 11 is 0. The molecule has 1 aromatic rings. The average molecular weight is 236 g/mol. The fourth-order valence-corrected chi connectivity index (χ4v) is 1.50. The van der Waals surface area contributed by atoms with Crippen LogP contribution in [0.25, 0.3) is 0 Å². The number of nitrogens with zero attached hydrogens (tertiary/aromatic N) is 2. The molecule has 0 fully saturated rings. The van der Waals surface area contributed by atoms with Crippen molar-refractivity contribution in [3.8, 4) is 0 Å². The van der Waals surface area contributed by atoms with Crippen molar-refractivity contribution in [2.24, 2.45) is 0 Å². The zero-order chi connectivity index (χ0) is 12.8. The van der Waals surface area contributed by atoms with Gasteiger partial charge in [0.05, 0.1) is 6.42 Å². The maximum absolute atomic E-state index is 12.0. The fourth-order valence-electron chi connectivity index (χ4n) is 1.50. The van der Waals surface area contributed by atoms with Gasteiger partial charge in [0.1, 0.15) is 0 Å². The highest BCUT2D eigenvalue weighted by atomic mass is 16.4. The number of pyridine rings is 1. The van der Waals surface area contributed by atoms with E-state index >= 15 is 0 Å². The second-order valence-corrected chi connectivity index (χ2v) is 3.71. The first kappa shape index (κ1) is 13.2. The molecule has 0 saturated carbocycles. The molecule has 1 amide bonds. The van der Waals surface area contributed by atoms with Gasteiger partial charge in [0.25, 0.3) is 5.91 Å². The average Bonchev–Trinajstić information content (AvgIpc) is 2.29. The van der Waals surface area contributed by atoms with E-state index in [0.29, 0.717) is 12.1 Å². The van der Waals surface area contributed by atoms with Gasteiger partial charge in [-0.1, -0.05) is 0 Å². The minimum absolute atomic E-state index is 0.0380. The number of amides is 1. The number of aromatic nitrogens is 1. The zero-order valence-corrected chi connectivity index (χ0v) is 10.0. The highest BCUT2D eigenvalue weighted by Gasteiger charge is 2.15. The molecule has 1 N–H and O–H groups in total. The predicted molar refractivity (Wildman–Crippen MR) is 62.8 cm³/mol. The lowest BCUT2D eigenvalue weighted by atomic mass is 10.2. The molecular weight excluding hydrogens is 220 g/mol. The fraction of sp³-hybridized carbons (Fsp3) is 0.417. The highest BCUT2D eigenvalue weighted by Crippen LogP contribution is 2.06. The first-order valence-corrected chi connectivity index (χ1v) is 5.48. The topological polar surface area (TPSA) is 70.5 Å². The molecule has 0 atom stereocenters. The van der Waals surface area contributed by atoms with Crippen molar-refractivity contribution in [3.05, 3.63) is 29.6 Å². The van der Waals surface area contributed by atoms with Gasteiger partial charge < -0.3 is 10.0 Å². The maximum Gasteiger partial charge on any atom is 0.305 e. The second kappa shape index (κ2) is 5.98. The Hall–Kier alpha value is -1.91. The molecule has 0 aliphatic heterocycles. The molecule has 1 rings (SSSR count). The Kier molecular flexibility index (Phi) is 4.63. The van der Waals surface area contributed by atoms with Crippen molar-refractivity contribution in [1.82, 2.24) is 9.88 Å². The van der Waals surface area contributed by atoms with Gasteiger partial charge in [0, 0.05) is 30.5 Å². The van der Waals surface area contributed by atoms with Gasteiger partial charge in [0.2, 0.25) is 0 Å². The molecule has 5 heteroatoms. The van der Waals surface area contributed by atoms with Crippen LogP contribution < -0.4 is 0 Å². The summed E-state index contributed by atoms with van der Waals surface area (Å²) in [7, 11) is 0. The molecule has 0 saturated heterocycles. The van der Waals surface area contributed by atoms with E-state index < -0.39 is 5.97 Å². The van der Waals surface area contributed by atoms with Crippen LogP contribution in [0.5, 0.6) is 0 Å². The molecule has 5 nitrogen and oxygen atoms in total. The number of carboxylic acids is 1. The monoisotopic (exact) mass is 236 g/mol. The molecule has 1 aromatic heterocycles. The Morgan fingerprint density at radius 3 is 2.71 bits per heavy atom. The number of aliphatic carboxylic acids is 1. The van der Waals surface area contributed by atoms with Crippen molar-refractivity contribution in [2.75, 3.05) is 13.1 Å². The molecule has 0 unspecified atom stereocenters. The quantitative estimate of drug-likeness (QED) is 0.837. The number of hydrogen-bond acceptors (Lipinski definition) is 3. The van der Waals surface area contributed by atoms with Gasteiger partial charge >= 0.3 is 5.97 Å². The minimum atomic E-state index is -0.901. The summed E-state index contributed by atoms with van der Waals surface area (Å²) in [5.41, 5.74) is 1.31. The molecular formula is C12H16N2O3. The molecule has 0 aliphatic rings. The van der Waals surface area contributed by atoms with E-state index in [1.165, 1.54) is 4.90 Å². The zero-order valence-electron chi connectivity index (χ0n) is 10.0. The van der Waals surface area contributed by atoms with E-state index in [4.69, 9.17) is 5.11 Å². The van der Waals surface area contributed by atoms with Crippen LogP contribution in [0.3, 0.4) is 0 Å². The Morgan fingerprint density at radius 1 is 1.47 bits per heavy atom. The normalized spacial score (nSPS) is 10.0. The predicted octanol–water partition coefficient (Wildman–Crippen LogP) is 1.33. The Bertz CT molecular complexity index is 418. The van der Waals surface area contributed by atoms with Crippen molar-refractivity contribution in [3.63, 3.8) is 0 Å². The highest BCUT2D eigenvalue weighted by molar-refractivity contribution is 5.94. The Morgan fingerprint density at radius 2 is 2.18 bits per heavy atom. The summed E-state index contributed by atoms with van der Waals surface area (Å²) in [5, 5.41) is 8.61. The van der Waals surface area contributed by atoms with Crippen molar-refractivity contribution in [1.29, 1.82) is 0 Å². The summed E-state index contributed by atoms with van der Waals surface area (Å²) in [6.45, 7) is 4.36. The lowest BCUT2D eigenvalue weighted by Crippen LogP contribution is -2.32. The van der Waals surface area contributed by atoms with Crippen LogP contribution in [-0.4, -0.2) is 40.0 Å². The van der Waals surface area contributed by atoms with Gasteiger partial charge in [0.15, 0.2) is 0 Å². The summed E-state index contributed by atoms with van der Waals surface area (Å²) < 4.78 is 0. The largest absolute Gasteiger partial charge is 0.481 e. The molecule has 0 spiro atoms. The third-order valence-electron chi connectivity index (χ3n) is 2.41. The van der Waals surface area contributed by atoms with Gasteiger partial charge in [-0.2, -0.15) is 0 Å². The SMILES string of the molecule is CCN(CCC(=O)O)C(=O)c1ccnc(C)c1. The summed E-state index contributed by atoms with van der Waals surface area (Å²) in [5.74, 6) is -1.05. The van der Waals surface area contributed by atoms with Crippen LogP contribution in [-0.2, 0) is 4.79 Å². The van der Waals surface area contributed by atoms with E-state index in [-0.39, 0.29) is 18.9 Å². The van der Waals surface area contributed by atoms with Gasteiger partial charge in [-0.15, -0.1) is 0 Å². The third kappa shape index (κ3) is 3.86. The summed E-state index contributed by atoms with van der Waals surface area (Å²) in [4.78, 5) is 28.1.